The lowest BCUT2D eigenvalue weighted by Gasteiger charge is -2.02. The SMILES string of the molecule is COc1cc2n[nH]c(C(F)F)c2cc1Cl. The van der Waals surface area contributed by atoms with Crippen LogP contribution in [-0.4, -0.2) is 17.3 Å². The fraction of sp³-hybridized carbons (Fsp3) is 0.222. The number of H-pyrrole nitrogens is 1. The van der Waals surface area contributed by atoms with Crippen LogP contribution in [0.3, 0.4) is 0 Å². The maximum absolute atomic E-state index is 12.5. The third-order valence-electron chi connectivity index (χ3n) is 2.08. The number of alkyl halides is 2. The van der Waals surface area contributed by atoms with Gasteiger partial charge in [0.2, 0.25) is 0 Å². The van der Waals surface area contributed by atoms with Gasteiger partial charge in [-0.15, -0.1) is 0 Å². The van der Waals surface area contributed by atoms with Crippen molar-refractivity contribution in [3.8, 4) is 5.75 Å². The molecule has 3 nitrogen and oxygen atoms in total. The van der Waals surface area contributed by atoms with E-state index in [1.165, 1.54) is 19.2 Å². The molecule has 1 aromatic carbocycles. The highest BCUT2D eigenvalue weighted by molar-refractivity contribution is 6.32. The summed E-state index contributed by atoms with van der Waals surface area (Å²) < 4.78 is 29.9. The molecule has 2 aromatic rings. The average Bonchev–Trinajstić information content (AvgIpc) is 2.59. The van der Waals surface area contributed by atoms with Gasteiger partial charge in [0.15, 0.2) is 0 Å². The van der Waals surface area contributed by atoms with Crippen LogP contribution in [0.15, 0.2) is 12.1 Å². The molecule has 6 heteroatoms. The van der Waals surface area contributed by atoms with E-state index in [1.807, 2.05) is 0 Å². The molecule has 0 saturated carbocycles. The van der Waals surface area contributed by atoms with Gasteiger partial charge >= 0.3 is 0 Å². The first-order chi connectivity index (χ1) is 7.13. The lowest BCUT2D eigenvalue weighted by Crippen LogP contribution is -1.86. The van der Waals surface area contributed by atoms with Gasteiger partial charge in [0, 0.05) is 11.5 Å². The number of fused-ring (bicyclic) bond motifs is 1. The van der Waals surface area contributed by atoms with Crippen LogP contribution in [0, 0.1) is 0 Å². The molecule has 0 aliphatic carbocycles. The summed E-state index contributed by atoms with van der Waals surface area (Å²) in [5.74, 6) is 0.413. The lowest BCUT2D eigenvalue weighted by atomic mass is 10.2. The van der Waals surface area contributed by atoms with Crippen LogP contribution < -0.4 is 4.74 Å². The van der Waals surface area contributed by atoms with E-state index in [0.717, 1.165) is 0 Å². The predicted molar refractivity (Wildman–Crippen MR) is 52.6 cm³/mol. The monoisotopic (exact) mass is 232 g/mol. The second-order valence-electron chi connectivity index (χ2n) is 2.94. The predicted octanol–water partition coefficient (Wildman–Crippen LogP) is 3.16. The summed E-state index contributed by atoms with van der Waals surface area (Å²) in [7, 11) is 1.45. The highest BCUT2D eigenvalue weighted by Gasteiger charge is 2.16. The van der Waals surface area contributed by atoms with Gasteiger partial charge in [-0.1, -0.05) is 11.6 Å². The normalized spacial score (nSPS) is 11.3. The Balaban J connectivity index is 2.68. The van der Waals surface area contributed by atoms with E-state index in [0.29, 0.717) is 16.7 Å². The van der Waals surface area contributed by atoms with E-state index in [1.54, 1.807) is 0 Å². The molecule has 1 aromatic heterocycles. The van der Waals surface area contributed by atoms with Crippen LogP contribution in [0.4, 0.5) is 8.78 Å². The fourth-order valence-corrected chi connectivity index (χ4v) is 1.60. The van der Waals surface area contributed by atoms with E-state index < -0.39 is 6.43 Å². The van der Waals surface area contributed by atoms with Crippen LogP contribution in [0.25, 0.3) is 10.9 Å². The molecule has 0 bridgehead atoms. The molecule has 0 radical (unpaired) electrons. The van der Waals surface area contributed by atoms with Crippen molar-refractivity contribution in [2.24, 2.45) is 0 Å². The second kappa shape index (κ2) is 3.66. The van der Waals surface area contributed by atoms with Crippen molar-refractivity contribution in [3.63, 3.8) is 0 Å². The van der Waals surface area contributed by atoms with Gasteiger partial charge in [-0.2, -0.15) is 5.10 Å². The van der Waals surface area contributed by atoms with Gasteiger partial charge in [0.25, 0.3) is 6.43 Å². The number of halogens is 3. The number of rotatable bonds is 2. The van der Waals surface area contributed by atoms with Crippen molar-refractivity contribution in [2.45, 2.75) is 6.43 Å². The summed E-state index contributed by atoms with van der Waals surface area (Å²) in [5.41, 5.74) is 0.182. The molecule has 0 aliphatic heterocycles. The molecule has 0 amide bonds. The summed E-state index contributed by atoms with van der Waals surface area (Å²) in [6.07, 6.45) is -2.60. The Kier molecular flexibility index (Phi) is 2.48. The summed E-state index contributed by atoms with van der Waals surface area (Å²) in [6.45, 7) is 0. The molecule has 15 heavy (non-hydrogen) atoms. The van der Waals surface area contributed by atoms with Gasteiger partial charge in [-0.3, -0.25) is 5.10 Å². The van der Waals surface area contributed by atoms with Crippen LogP contribution >= 0.6 is 11.6 Å². The Morgan fingerprint density at radius 2 is 2.20 bits per heavy atom. The number of nitrogens with one attached hydrogen (secondary N) is 1. The molecule has 0 aliphatic rings. The Bertz CT molecular complexity index is 498. The van der Waals surface area contributed by atoms with Crippen molar-refractivity contribution in [1.82, 2.24) is 10.2 Å². The minimum Gasteiger partial charge on any atom is -0.495 e. The summed E-state index contributed by atoms with van der Waals surface area (Å²) >= 11 is 5.83. The quantitative estimate of drug-likeness (QED) is 0.864. The van der Waals surface area contributed by atoms with Gasteiger partial charge in [0.05, 0.1) is 17.6 Å². The number of ether oxygens (including phenoxy) is 1. The van der Waals surface area contributed by atoms with E-state index in [4.69, 9.17) is 16.3 Å². The molecule has 80 valence electrons. The molecule has 0 saturated heterocycles. The Morgan fingerprint density at radius 3 is 2.80 bits per heavy atom. The summed E-state index contributed by atoms with van der Waals surface area (Å²) in [4.78, 5) is 0. The van der Waals surface area contributed by atoms with Gasteiger partial charge in [-0.05, 0) is 6.07 Å². The second-order valence-corrected chi connectivity index (χ2v) is 3.35. The Hall–Kier alpha value is -1.36. The molecule has 1 N–H and O–H groups in total. The zero-order valence-corrected chi connectivity index (χ0v) is 8.48. The first-order valence-electron chi connectivity index (χ1n) is 4.13. The largest absolute Gasteiger partial charge is 0.495 e. The first kappa shape index (κ1) is 10.2. The average molecular weight is 233 g/mol. The highest BCUT2D eigenvalue weighted by atomic mass is 35.5. The maximum atomic E-state index is 12.5. The molecule has 0 fully saturated rings. The van der Waals surface area contributed by atoms with E-state index in [-0.39, 0.29) is 10.7 Å². The molecule has 0 spiro atoms. The Morgan fingerprint density at radius 1 is 1.47 bits per heavy atom. The van der Waals surface area contributed by atoms with Gasteiger partial charge < -0.3 is 4.74 Å². The smallest absolute Gasteiger partial charge is 0.280 e. The number of aromatic nitrogens is 2. The zero-order chi connectivity index (χ0) is 11.0. The van der Waals surface area contributed by atoms with E-state index in [9.17, 15) is 8.78 Å². The van der Waals surface area contributed by atoms with Crippen molar-refractivity contribution in [2.75, 3.05) is 7.11 Å². The maximum Gasteiger partial charge on any atom is 0.280 e. The van der Waals surface area contributed by atoms with Crippen LogP contribution in [0.2, 0.25) is 5.02 Å². The summed E-state index contributed by atoms with van der Waals surface area (Å²) in [6, 6.07) is 2.93. The zero-order valence-electron chi connectivity index (χ0n) is 7.72. The molecule has 0 atom stereocenters. The van der Waals surface area contributed by atoms with Crippen LogP contribution in [-0.2, 0) is 0 Å². The molecule has 2 rings (SSSR count). The highest BCUT2D eigenvalue weighted by Crippen LogP contribution is 2.33. The van der Waals surface area contributed by atoms with Crippen molar-refractivity contribution < 1.29 is 13.5 Å². The minimum atomic E-state index is -2.60. The van der Waals surface area contributed by atoms with Crippen LogP contribution in [0.5, 0.6) is 5.75 Å². The van der Waals surface area contributed by atoms with Crippen molar-refractivity contribution in [1.29, 1.82) is 0 Å². The molecule has 0 unspecified atom stereocenters. The molecule has 1 heterocycles. The molecular formula is C9H7ClF2N2O. The number of hydrogen-bond acceptors (Lipinski definition) is 2. The number of benzene rings is 1. The number of hydrogen-bond donors (Lipinski definition) is 1. The van der Waals surface area contributed by atoms with Crippen molar-refractivity contribution in [3.05, 3.63) is 22.8 Å². The number of methoxy groups -OCH3 is 1. The standard InChI is InChI=1S/C9H7ClF2N2O/c1-15-7-3-6-4(2-5(7)10)8(9(11)12)14-13-6/h2-3,9H,1H3,(H,13,14). The Labute approximate surface area is 89.0 Å². The van der Waals surface area contributed by atoms with Gasteiger partial charge in [0.1, 0.15) is 11.4 Å². The third-order valence-corrected chi connectivity index (χ3v) is 2.37. The summed E-state index contributed by atoms with van der Waals surface area (Å²) in [5, 5.41) is 6.62. The fourth-order valence-electron chi connectivity index (χ4n) is 1.35. The molecular weight excluding hydrogens is 226 g/mol. The van der Waals surface area contributed by atoms with Crippen molar-refractivity contribution >= 4 is 22.5 Å². The lowest BCUT2D eigenvalue weighted by molar-refractivity contribution is 0.147. The number of aromatic amines is 1. The minimum absolute atomic E-state index is 0.227. The van der Waals surface area contributed by atoms with E-state index >= 15 is 0 Å². The first-order valence-corrected chi connectivity index (χ1v) is 4.51. The topological polar surface area (TPSA) is 37.9 Å². The van der Waals surface area contributed by atoms with Crippen LogP contribution in [0.1, 0.15) is 12.1 Å². The number of nitrogens with zero attached hydrogens (tertiary/aromatic N) is 1. The third kappa shape index (κ3) is 1.63. The van der Waals surface area contributed by atoms with Gasteiger partial charge in [-0.25, -0.2) is 8.78 Å². The van der Waals surface area contributed by atoms with E-state index in [2.05, 4.69) is 10.2 Å².